The Morgan fingerprint density at radius 3 is 1.45 bits per heavy atom. The summed E-state index contributed by atoms with van der Waals surface area (Å²) in [6.07, 6.45) is -2.86. The average molecular weight is 1380 g/mol. The van der Waals surface area contributed by atoms with Gasteiger partial charge in [-0.1, -0.05) is 180 Å². The summed E-state index contributed by atoms with van der Waals surface area (Å²) in [5.74, 6) is -7.19. The molecule has 4 heterocycles. The van der Waals surface area contributed by atoms with Crippen LogP contribution in [0, 0.1) is 0 Å². The first-order chi connectivity index (χ1) is 46.0. The van der Waals surface area contributed by atoms with Gasteiger partial charge < -0.3 is 125 Å². The maximum atomic E-state index is 13.4. The molecule has 4 aliphatic rings. The van der Waals surface area contributed by atoms with Gasteiger partial charge >= 0.3 is 5.97 Å². The van der Waals surface area contributed by atoms with E-state index in [-0.39, 0.29) is 12.3 Å². The number of hydrogen-bond donors (Lipinski definition) is 17. The summed E-state index contributed by atoms with van der Waals surface area (Å²) >= 11 is 0. The normalized spacial score (nSPS) is 32.3. The number of aliphatic hydroxyl groups is 13. The lowest BCUT2D eigenvalue weighted by Gasteiger charge is -2.51. The van der Waals surface area contributed by atoms with Crippen molar-refractivity contribution in [2.45, 2.75) is 354 Å². The molecule has 4 saturated heterocycles. The van der Waals surface area contributed by atoms with Gasteiger partial charge in [-0.25, -0.2) is 4.79 Å². The average Bonchev–Trinajstić information content (AvgIpc) is 0.757. The van der Waals surface area contributed by atoms with Crippen molar-refractivity contribution in [2.75, 3.05) is 33.0 Å². The molecule has 4 aliphatic heterocycles. The molecular weight excluding hydrogens is 1260 g/mol. The highest BCUT2D eigenvalue weighted by Crippen LogP contribution is 2.39. The predicted octanol–water partition coefficient (Wildman–Crippen LogP) is 1.13. The Hall–Kier alpha value is -3.22. The number of aliphatic hydroxyl groups excluding tert-OH is 13. The number of carbonyl (C=O) groups excluding carboxylic acids is 3. The smallest absolute Gasteiger partial charge is 0.364 e. The third kappa shape index (κ3) is 27.6. The summed E-state index contributed by atoms with van der Waals surface area (Å²) in [5, 5.41) is 162. The van der Waals surface area contributed by atoms with Crippen LogP contribution in [0.5, 0.6) is 0 Å². The molecule has 0 unspecified atom stereocenters. The van der Waals surface area contributed by atoms with Crippen LogP contribution < -0.4 is 16.0 Å². The zero-order chi connectivity index (χ0) is 70.7. The zero-order valence-electron chi connectivity index (χ0n) is 57.1. The van der Waals surface area contributed by atoms with Gasteiger partial charge in [0.15, 0.2) is 18.9 Å². The van der Waals surface area contributed by atoms with Crippen molar-refractivity contribution in [1.29, 1.82) is 0 Å². The third-order valence-corrected chi connectivity index (χ3v) is 18.5. The van der Waals surface area contributed by atoms with Crippen LogP contribution in [0.1, 0.15) is 214 Å². The van der Waals surface area contributed by atoms with Crippen molar-refractivity contribution in [1.82, 2.24) is 16.0 Å². The molecule has 0 saturated carbocycles. The van der Waals surface area contributed by atoms with Crippen molar-refractivity contribution in [3.63, 3.8) is 0 Å². The van der Waals surface area contributed by atoms with Crippen LogP contribution in [0.2, 0.25) is 0 Å². The molecule has 96 heavy (non-hydrogen) atoms. The quantitative estimate of drug-likeness (QED) is 0.0300. The zero-order valence-corrected chi connectivity index (χ0v) is 57.1. The molecule has 3 amide bonds. The third-order valence-electron chi connectivity index (χ3n) is 18.5. The topological polar surface area (TPSA) is 461 Å². The van der Waals surface area contributed by atoms with E-state index in [0.717, 1.165) is 65.2 Å². The first kappa shape index (κ1) is 85.2. The Morgan fingerprint density at radius 2 is 0.979 bits per heavy atom. The molecular formula is C67H121N3O26. The van der Waals surface area contributed by atoms with Crippen molar-refractivity contribution in [2.24, 2.45) is 0 Å². The number of nitrogens with one attached hydrogen (secondary N) is 3. The number of allylic oxidation sites excluding steroid dienone is 1. The van der Waals surface area contributed by atoms with E-state index in [0.29, 0.717) is 12.8 Å². The Labute approximate surface area is 565 Å². The SMILES string of the molecule is CCCCCCCCCCCCC/C=C/[C@@H](O)[C@H](CO[C@@H]1O[C@H](CO)[C@@H](O[C@@H]2O[C@H](CO)[C@H](O[C@@H]3O[C@H](CO)[C@H](O)[C@H](O[C@]4(C(=O)O)C[C@H](O)[C@@H](NC(C)=O)[C@H]([C@H](O)[C@H](O)CO)O4)[C@H]3NC(C)=O)[C@H](O)[C@H]2O)[C@H](O)[C@H]1O)NC(=O)CCCCCCCCCCCCCCCCC. The monoisotopic (exact) mass is 1380 g/mol. The van der Waals surface area contributed by atoms with Gasteiger partial charge in [-0.3, -0.25) is 14.4 Å². The molecule has 0 aromatic heterocycles. The Bertz CT molecular complexity index is 2170. The van der Waals surface area contributed by atoms with E-state index >= 15 is 0 Å². The van der Waals surface area contributed by atoms with E-state index in [2.05, 4.69) is 29.8 Å². The summed E-state index contributed by atoms with van der Waals surface area (Å²) in [6, 6.07) is -4.58. The van der Waals surface area contributed by atoms with E-state index in [1.165, 1.54) is 109 Å². The summed E-state index contributed by atoms with van der Waals surface area (Å²) in [6.45, 7) is 1.88. The highest BCUT2D eigenvalue weighted by Gasteiger charge is 2.61. The van der Waals surface area contributed by atoms with Crippen LogP contribution in [0.15, 0.2) is 12.2 Å². The lowest BCUT2D eigenvalue weighted by Crippen LogP contribution is -2.72. The summed E-state index contributed by atoms with van der Waals surface area (Å²) in [7, 11) is 0. The van der Waals surface area contributed by atoms with Gasteiger partial charge in [-0.05, 0) is 19.3 Å². The second-order valence-corrected chi connectivity index (χ2v) is 26.5. The Kier molecular flexibility index (Phi) is 41.1. The van der Waals surface area contributed by atoms with Crippen molar-refractivity contribution >= 4 is 23.7 Å². The molecule has 0 spiro atoms. The minimum Gasteiger partial charge on any atom is -0.477 e. The first-order valence-corrected chi connectivity index (χ1v) is 35.6. The van der Waals surface area contributed by atoms with Gasteiger partial charge in [0.1, 0.15) is 91.5 Å². The summed E-state index contributed by atoms with van der Waals surface area (Å²) in [5.41, 5.74) is 0. The molecule has 17 N–H and O–H groups in total. The molecule has 29 nitrogen and oxygen atoms in total. The van der Waals surface area contributed by atoms with Crippen molar-refractivity contribution in [3.8, 4) is 0 Å². The van der Waals surface area contributed by atoms with E-state index in [1.807, 2.05) is 6.08 Å². The van der Waals surface area contributed by atoms with Crippen molar-refractivity contribution < 1.29 is 129 Å². The molecule has 4 rings (SSSR count). The number of unbranched alkanes of at least 4 members (excludes halogenated alkanes) is 25. The second-order valence-electron chi connectivity index (χ2n) is 26.5. The highest BCUT2D eigenvalue weighted by molar-refractivity contribution is 5.77. The second kappa shape index (κ2) is 46.3. The van der Waals surface area contributed by atoms with Crippen molar-refractivity contribution in [3.05, 3.63) is 12.2 Å². The lowest BCUT2D eigenvalue weighted by atomic mass is 9.88. The van der Waals surface area contributed by atoms with Crippen LogP contribution in [-0.2, 0) is 57.1 Å². The van der Waals surface area contributed by atoms with Crippen LogP contribution in [-0.4, -0.2) is 269 Å². The number of ether oxygens (including phenoxy) is 8. The van der Waals surface area contributed by atoms with Gasteiger partial charge in [-0.2, -0.15) is 0 Å². The van der Waals surface area contributed by atoms with Gasteiger partial charge in [-0.15, -0.1) is 0 Å². The molecule has 29 heteroatoms. The Morgan fingerprint density at radius 1 is 0.542 bits per heavy atom. The largest absolute Gasteiger partial charge is 0.477 e. The molecule has 23 atom stereocenters. The fraction of sp³-hybridized carbons (Fsp3) is 0.910. The van der Waals surface area contributed by atoms with Gasteiger partial charge in [0.2, 0.25) is 17.7 Å². The number of carbonyl (C=O) groups is 4. The van der Waals surface area contributed by atoms with E-state index in [1.54, 1.807) is 6.08 Å². The van der Waals surface area contributed by atoms with E-state index < -0.39 is 198 Å². The lowest BCUT2D eigenvalue weighted by molar-refractivity contribution is -0.382. The van der Waals surface area contributed by atoms with Crippen LogP contribution in [0.25, 0.3) is 0 Å². The first-order valence-electron chi connectivity index (χ1n) is 35.6. The minimum absolute atomic E-state index is 0.191. The fourth-order valence-corrected chi connectivity index (χ4v) is 12.8. The molecule has 0 aromatic rings. The van der Waals surface area contributed by atoms with E-state index in [9.17, 15) is 90.7 Å². The molecule has 0 radical (unpaired) electrons. The number of amides is 3. The van der Waals surface area contributed by atoms with Gasteiger partial charge in [0, 0.05) is 26.7 Å². The predicted molar refractivity (Wildman–Crippen MR) is 346 cm³/mol. The molecule has 4 fully saturated rings. The van der Waals surface area contributed by atoms with Crippen LogP contribution in [0.3, 0.4) is 0 Å². The van der Waals surface area contributed by atoms with Crippen LogP contribution in [0.4, 0.5) is 0 Å². The number of rotatable bonds is 49. The number of carboxylic acid groups (broad SMARTS) is 1. The minimum atomic E-state index is -3.14. The highest BCUT2D eigenvalue weighted by atomic mass is 16.8. The molecule has 560 valence electrons. The molecule has 0 bridgehead atoms. The molecule has 0 aromatic carbocycles. The van der Waals surface area contributed by atoms with E-state index in [4.69, 9.17) is 37.9 Å². The standard InChI is InChI=1S/C67H121N3O26/c1-5-7-9-11-13-15-17-19-20-22-24-26-28-30-32-34-50(80)70-43(44(77)33-31-29-27-25-23-21-18-16-14-12-10-8-6-2)40-89-64-57(85)55(83)60(48(38-73)91-64)94-65-58(86)56(84)59(49(39-74)92-65)93-63-52(69-42(4)76)62(54(82)47(37-72)90-63)96-67(66(87)88)35-45(78)51(68-41(3)75)61(95-67)53(81)46(79)36-71/h31,33,43-49,51-65,71-74,77-79,81-86H,5-30,32,34-40H2,1-4H3,(H,68,75)(H,69,76)(H,70,80)(H,87,88)/b33-31+/t43-,44+,45-,46+,47+,48+,49+,51+,52+,53+,54-,55+,56+,57+,58+,59-,60+,61+,62+,63-,64+,65-,67-/m0/s1. The summed E-state index contributed by atoms with van der Waals surface area (Å²) < 4.78 is 47.2. The van der Waals surface area contributed by atoms with Gasteiger partial charge in [0.25, 0.3) is 5.79 Å². The molecule has 0 aliphatic carbocycles. The number of aliphatic carboxylic acids is 1. The summed E-state index contributed by atoms with van der Waals surface area (Å²) in [4.78, 5) is 51.7. The Balaban J connectivity index is 1.43. The maximum absolute atomic E-state index is 13.4. The number of hydrogen-bond acceptors (Lipinski definition) is 25. The number of carboxylic acids is 1. The maximum Gasteiger partial charge on any atom is 0.364 e. The van der Waals surface area contributed by atoms with Gasteiger partial charge in [0.05, 0.1) is 57.3 Å². The fourth-order valence-electron chi connectivity index (χ4n) is 12.8. The van der Waals surface area contributed by atoms with Crippen LogP contribution >= 0.6 is 0 Å².